The van der Waals surface area contributed by atoms with Crippen molar-refractivity contribution in [2.75, 3.05) is 13.3 Å². The average molecular weight is 224 g/mol. The first-order chi connectivity index (χ1) is 8.38. The number of hydrogen-bond donors (Lipinski definition) is 0. The molecule has 0 radical (unpaired) electrons. The molecule has 0 spiro atoms. The van der Waals surface area contributed by atoms with Crippen molar-refractivity contribution < 1.29 is 4.74 Å². The first-order valence-corrected chi connectivity index (χ1v) is 5.61. The Kier molecular flexibility index (Phi) is 2.43. The van der Waals surface area contributed by atoms with E-state index in [1.807, 2.05) is 23.1 Å². The Hall–Kier alpha value is -2.05. The molecule has 1 aliphatic rings. The smallest absolute Gasteiger partial charge is 0.143 e. The number of benzene rings is 2. The van der Waals surface area contributed by atoms with Crippen molar-refractivity contribution in [2.24, 2.45) is 0 Å². The van der Waals surface area contributed by atoms with Gasteiger partial charge in [-0.05, 0) is 16.8 Å². The van der Waals surface area contributed by atoms with E-state index >= 15 is 0 Å². The highest BCUT2D eigenvalue weighted by Crippen LogP contribution is 2.31. The molecule has 0 saturated heterocycles. The zero-order valence-electron chi connectivity index (χ0n) is 9.39. The van der Waals surface area contributed by atoms with E-state index in [-0.39, 0.29) is 0 Å². The summed E-state index contributed by atoms with van der Waals surface area (Å²) in [4.78, 5) is 1.99. The standard InChI is InChI=1S/C14H12N2O/c15-7-8-16-9-13-12-4-2-1-3-11(12)5-6-14(13)17-10-16/h1-6H,8-10H2. The lowest BCUT2D eigenvalue weighted by Gasteiger charge is -2.27. The molecule has 17 heavy (non-hydrogen) atoms. The summed E-state index contributed by atoms with van der Waals surface area (Å²) in [6.07, 6.45) is 0. The monoisotopic (exact) mass is 224 g/mol. The number of fused-ring (bicyclic) bond motifs is 3. The van der Waals surface area contributed by atoms with Crippen LogP contribution in [-0.2, 0) is 6.54 Å². The van der Waals surface area contributed by atoms with E-state index in [0.717, 1.165) is 12.3 Å². The van der Waals surface area contributed by atoms with Crippen LogP contribution in [0.2, 0.25) is 0 Å². The lowest BCUT2D eigenvalue weighted by molar-refractivity contribution is 0.109. The molecule has 0 amide bonds. The van der Waals surface area contributed by atoms with Gasteiger partial charge in [0.05, 0.1) is 12.6 Å². The van der Waals surface area contributed by atoms with Gasteiger partial charge in [-0.1, -0.05) is 30.3 Å². The SMILES string of the molecule is N#CCN1COc2ccc3ccccc3c2C1. The van der Waals surface area contributed by atoms with Gasteiger partial charge in [-0.3, -0.25) is 4.90 Å². The van der Waals surface area contributed by atoms with Crippen LogP contribution in [0.25, 0.3) is 10.8 Å². The van der Waals surface area contributed by atoms with Gasteiger partial charge in [0, 0.05) is 12.1 Å². The predicted octanol–water partition coefficient (Wildman–Crippen LogP) is 2.52. The van der Waals surface area contributed by atoms with Gasteiger partial charge < -0.3 is 4.74 Å². The number of ether oxygens (including phenoxy) is 1. The second kappa shape index (κ2) is 4.08. The Morgan fingerprint density at radius 3 is 3.00 bits per heavy atom. The Bertz CT molecular complexity index is 601. The molecule has 0 N–H and O–H groups in total. The second-order valence-electron chi connectivity index (χ2n) is 4.18. The van der Waals surface area contributed by atoms with Crippen molar-refractivity contribution >= 4 is 10.8 Å². The minimum atomic E-state index is 0.405. The Balaban J connectivity index is 2.10. The highest BCUT2D eigenvalue weighted by atomic mass is 16.5. The van der Waals surface area contributed by atoms with Gasteiger partial charge in [0.25, 0.3) is 0 Å². The summed E-state index contributed by atoms with van der Waals surface area (Å²) in [5.41, 5.74) is 1.18. The minimum Gasteiger partial charge on any atom is -0.478 e. The first kappa shape index (κ1) is 10.1. The van der Waals surface area contributed by atoms with Crippen molar-refractivity contribution in [1.29, 1.82) is 5.26 Å². The highest BCUT2D eigenvalue weighted by Gasteiger charge is 2.18. The summed E-state index contributed by atoms with van der Waals surface area (Å²) in [6, 6.07) is 14.5. The normalized spacial score (nSPS) is 15.0. The molecule has 0 bridgehead atoms. The molecule has 1 aliphatic heterocycles. The third-order valence-electron chi connectivity index (χ3n) is 3.08. The Labute approximate surface area is 99.8 Å². The number of rotatable bonds is 1. The largest absolute Gasteiger partial charge is 0.478 e. The van der Waals surface area contributed by atoms with Gasteiger partial charge in [0.15, 0.2) is 0 Å². The predicted molar refractivity (Wildman–Crippen MR) is 65.5 cm³/mol. The summed E-state index contributed by atoms with van der Waals surface area (Å²) in [7, 11) is 0. The van der Waals surface area contributed by atoms with E-state index in [0.29, 0.717) is 13.3 Å². The van der Waals surface area contributed by atoms with Gasteiger partial charge in [0.1, 0.15) is 12.5 Å². The second-order valence-corrected chi connectivity index (χ2v) is 4.18. The number of nitriles is 1. The molecule has 2 aromatic carbocycles. The summed E-state index contributed by atoms with van der Waals surface area (Å²) < 4.78 is 5.67. The molecule has 0 aliphatic carbocycles. The molecule has 0 fully saturated rings. The topological polar surface area (TPSA) is 36.3 Å². The molecule has 3 rings (SSSR count). The molecule has 1 heterocycles. The van der Waals surface area contributed by atoms with Crippen molar-refractivity contribution in [1.82, 2.24) is 4.90 Å². The fraction of sp³-hybridized carbons (Fsp3) is 0.214. The van der Waals surface area contributed by atoms with Crippen molar-refractivity contribution in [3.8, 4) is 11.8 Å². The van der Waals surface area contributed by atoms with Crippen LogP contribution in [0.1, 0.15) is 5.56 Å². The van der Waals surface area contributed by atoms with E-state index in [1.165, 1.54) is 16.3 Å². The maximum Gasteiger partial charge on any atom is 0.143 e. The first-order valence-electron chi connectivity index (χ1n) is 5.61. The molecular formula is C14H12N2O. The molecule has 2 aromatic rings. The van der Waals surface area contributed by atoms with E-state index in [1.54, 1.807) is 0 Å². The van der Waals surface area contributed by atoms with Crippen LogP contribution in [0.3, 0.4) is 0 Å². The van der Waals surface area contributed by atoms with Crippen LogP contribution in [0.5, 0.6) is 5.75 Å². The third-order valence-corrected chi connectivity index (χ3v) is 3.08. The highest BCUT2D eigenvalue weighted by molar-refractivity contribution is 5.87. The molecule has 3 heteroatoms. The van der Waals surface area contributed by atoms with Crippen LogP contribution in [-0.4, -0.2) is 18.2 Å². The Morgan fingerprint density at radius 1 is 1.24 bits per heavy atom. The molecule has 0 unspecified atom stereocenters. The molecule has 0 aromatic heterocycles. The average Bonchev–Trinajstić information content (AvgIpc) is 2.39. The fourth-order valence-electron chi connectivity index (χ4n) is 2.25. The maximum atomic E-state index is 8.73. The Morgan fingerprint density at radius 2 is 2.12 bits per heavy atom. The van der Waals surface area contributed by atoms with Gasteiger partial charge in [0.2, 0.25) is 0 Å². The number of nitrogens with zero attached hydrogens (tertiary/aromatic N) is 2. The molecule has 3 nitrogen and oxygen atoms in total. The fourth-order valence-corrected chi connectivity index (χ4v) is 2.25. The number of hydrogen-bond acceptors (Lipinski definition) is 3. The van der Waals surface area contributed by atoms with E-state index in [9.17, 15) is 0 Å². The van der Waals surface area contributed by atoms with Gasteiger partial charge >= 0.3 is 0 Å². The minimum absolute atomic E-state index is 0.405. The van der Waals surface area contributed by atoms with Crippen molar-refractivity contribution in [2.45, 2.75) is 6.54 Å². The van der Waals surface area contributed by atoms with E-state index < -0.39 is 0 Å². The lowest BCUT2D eigenvalue weighted by Crippen LogP contribution is -2.32. The molecular weight excluding hydrogens is 212 g/mol. The third kappa shape index (κ3) is 1.73. The maximum absolute atomic E-state index is 8.73. The van der Waals surface area contributed by atoms with Crippen molar-refractivity contribution in [3.05, 3.63) is 42.0 Å². The van der Waals surface area contributed by atoms with E-state index in [4.69, 9.17) is 10.00 Å². The summed E-state index contributed by atoms with van der Waals surface area (Å²) in [6.45, 7) is 1.69. The van der Waals surface area contributed by atoms with Crippen LogP contribution in [0.4, 0.5) is 0 Å². The van der Waals surface area contributed by atoms with Crippen LogP contribution < -0.4 is 4.74 Å². The van der Waals surface area contributed by atoms with Crippen LogP contribution in [0, 0.1) is 11.3 Å². The van der Waals surface area contributed by atoms with E-state index in [2.05, 4.69) is 24.3 Å². The zero-order chi connectivity index (χ0) is 11.7. The van der Waals surface area contributed by atoms with Gasteiger partial charge in [-0.15, -0.1) is 0 Å². The summed E-state index contributed by atoms with van der Waals surface area (Å²) >= 11 is 0. The van der Waals surface area contributed by atoms with Crippen molar-refractivity contribution in [3.63, 3.8) is 0 Å². The van der Waals surface area contributed by atoms with Gasteiger partial charge in [-0.25, -0.2) is 0 Å². The van der Waals surface area contributed by atoms with Crippen LogP contribution in [0.15, 0.2) is 36.4 Å². The lowest BCUT2D eigenvalue weighted by atomic mass is 10.0. The van der Waals surface area contributed by atoms with Crippen LogP contribution >= 0.6 is 0 Å². The quantitative estimate of drug-likeness (QED) is 0.698. The van der Waals surface area contributed by atoms with Gasteiger partial charge in [-0.2, -0.15) is 5.26 Å². The molecule has 84 valence electrons. The summed E-state index contributed by atoms with van der Waals surface area (Å²) in [5, 5.41) is 11.2. The molecule has 0 saturated carbocycles. The summed E-state index contributed by atoms with van der Waals surface area (Å²) in [5.74, 6) is 0.942. The molecule has 0 atom stereocenters. The zero-order valence-corrected chi connectivity index (χ0v) is 9.39.